The predicted molar refractivity (Wildman–Crippen MR) is 74.7 cm³/mol. The van der Waals surface area contributed by atoms with Gasteiger partial charge in [-0.1, -0.05) is 0 Å². The molecule has 0 saturated heterocycles. The van der Waals surface area contributed by atoms with Gasteiger partial charge in [-0.25, -0.2) is 4.39 Å². The zero-order valence-electron chi connectivity index (χ0n) is 11.2. The molecule has 3 heterocycles. The van der Waals surface area contributed by atoms with E-state index in [2.05, 4.69) is 11.1 Å². The molecule has 3 aromatic rings. The van der Waals surface area contributed by atoms with Crippen molar-refractivity contribution in [3.8, 4) is 11.4 Å². The summed E-state index contributed by atoms with van der Waals surface area (Å²) in [6.45, 7) is 4.02. The normalized spacial score (nSPS) is 15.6. The Morgan fingerprint density at radius 1 is 1.20 bits per heavy atom. The molecule has 0 saturated carbocycles. The van der Waals surface area contributed by atoms with E-state index in [9.17, 15) is 4.39 Å². The summed E-state index contributed by atoms with van der Waals surface area (Å²) in [7, 11) is 0. The molecule has 20 heavy (non-hydrogen) atoms. The largest absolute Gasteiger partial charge is 0.479 e. The molecule has 0 aliphatic carbocycles. The van der Waals surface area contributed by atoms with Crippen molar-refractivity contribution in [1.29, 1.82) is 0 Å². The number of fused-ring (bicyclic) bond motifs is 5. The SMILES string of the molecule is CC1(C)Oc2ccc(F)cc2-n2c1cc1ccncc12. The van der Waals surface area contributed by atoms with Gasteiger partial charge in [0.2, 0.25) is 0 Å². The molecule has 0 radical (unpaired) electrons. The van der Waals surface area contributed by atoms with Gasteiger partial charge in [-0.3, -0.25) is 4.98 Å². The van der Waals surface area contributed by atoms with Crippen molar-refractivity contribution < 1.29 is 9.13 Å². The van der Waals surface area contributed by atoms with Crippen LogP contribution < -0.4 is 4.74 Å². The van der Waals surface area contributed by atoms with E-state index in [1.54, 1.807) is 18.5 Å². The highest BCUT2D eigenvalue weighted by atomic mass is 19.1. The van der Waals surface area contributed by atoms with Crippen LogP contribution in [-0.2, 0) is 5.60 Å². The Bertz CT molecular complexity index is 836. The van der Waals surface area contributed by atoms with Crippen LogP contribution in [0.4, 0.5) is 4.39 Å². The van der Waals surface area contributed by atoms with Crippen LogP contribution in [0, 0.1) is 5.82 Å². The summed E-state index contributed by atoms with van der Waals surface area (Å²) in [6.07, 6.45) is 3.56. The monoisotopic (exact) mass is 268 g/mol. The molecule has 2 aromatic heterocycles. The van der Waals surface area contributed by atoms with Crippen molar-refractivity contribution in [2.24, 2.45) is 0 Å². The van der Waals surface area contributed by atoms with Gasteiger partial charge in [0.1, 0.15) is 17.2 Å². The number of ether oxygens (including phenoxy) is 1. The molecule has 1 aliphatic heterocycles. The van der Waals surface area contributed by atoms with E-state index < -0.39 is 5.60 Å². The van der Waals surface area contributed by atoms with Crippen molar-refractivity contribution in [3.05, 3.63) is 54.2 Å². The van der Waals surface area contributed by atoms with Gasteiger partial charge < -0.3 is 9.30 Å². The van der Waals surface area contributed by atoms with Gasteiger partial charge in [-0.05, 0) is 38.1 Å². The number of hydrogen-bond acceptors (Lipinski definition) is 2. The van der Waals surface area contributed by atoms with Gasteiger partial charge in [-0.15, -0.1) is 0 Å². The first-order chi connectivity index (χ1) is 9.56. The van der Waals surface area contributed by atoms with E-state index in [4.69, 9.17) is 4.74 Å². The molecule has 1 aliphatic rings. The maximum absolute atomic E-state index is 13.6. The lowest BCUT2D eigenvalue weighted by Crippen LogP contribution is -2.32. The van der Waals surface area contributed by atoms with Gasteiger partial charge in [0.15, 0.2) is 0 Å². The van der Waals surface area contributed by atoms with Crippen LogP contribution in [-0.4, -0.2) is 9.55 Å². The molecule has 0 unspecified atom stereocenters. The zero-order chi connectivity index (χ0) is 13.9. The van der Waals surface area contributed by atoms with Gasteiger partial charge in [0.25, 0.3) is 0 Å². The number of nitrogens with zero attached hydrogens (tertiary/aromatic N) is 2. The predicted octanol–water partition coefficient (Wildman–Crippen LogP) is 3.79. The Kier molecular flexibility index (Phi) is 2.06. The highest BCUT2D eigenvalue weighted by Gasteiger charge is 2.34. The first-order valence-electron chi connectivity index (χ1n) is 6.51. The average Bonchev–Trinajstić information content (AvgIpc) is 2.80. The molecule has 4 rings (SSSR count). The van der Waals surface area contributed by atoms with Gasteiger partial charge >= 0.3 is 0 Å². The summed E-state index contributed by atoms with van der Waals surface area (Å²) in [6, 6.07) is 8.63. The fraction of sp³-hybridized carbons (Fsp3) is 0.188. The minimum Gasteiger partial charge on any atom is -0.479 e. The molecular weight excluding hydrogens is 255 g/mol. The van der Waals surface area contributed by atoms with Crippen LogP contribution in [0.3, 0.4) is 0 Å². The number of hydrogen-bond donors (Lipinski definition) is 0. The van der Waals surface area contributed by atoms with Crippen LogP contribution in [0.25, 0.3) is 16.6 Å². The molecular formula is C16H13FN2O. The molecule has 100 valence electrons. The second-order valence-electron chi connectivity index (χ2n) is 5.52. The van der Waals surface area contributed by atoms with Crippen LogP contribution in [0.15, 0.2) is 42.7 Å². The molecule has 0 N–H and O–H groups in total. The first kappa shape index (κ1) is 11.5. The van der Waals surface area contributed by atoms with Gasteiger partial charge in [0, 0.05) is 17.6 Å². The standard InChI is InChI=1S/C16H13FN2O/c1-16(2)15-7-10-5-6-18-9-13(10)19(15)12-8-11(17)3-4-14(12)20-16/h3-9H,1-2H3. The summed E-state index contributed by atoms with van der Waals surface area (Å²) < 4.78 is 21.7. The number of pyridine rings is 1. The van der Waals surface area contributed by atoms with Crippen molar-refractivity contribution in [3.63, 3.8) is 0 Å². The van der Waals surface area contributed by atoms with Crippen molar-refractivity contribution >= 4 is 10.9 Å². The summed E-state index contributed by atoms with van der Waals surface area (Å²) in [5, 5.41) is 1.07. The fourth-order valence-corrected chi connectivity index (χ4v) is 2.83. The molecule has 0 atom stereocenters. The second kappa shape index (κ2) is 3.60. The summed E-state index contributed by atoms with van der Waals surface area (Å²) in [5.41, 5.74) is 2.22. The van der Waals surface area contributed by atoms with Crippen molar-refractivity contribution in [2.75, 3.05) is 0 Å². The third-order valence-electron chi connectivity index (χ3n) is 3.75. The van der Waals surface area contributed by atoms with Crippen molar-refractivity contribution in [2.45, 2.75) is 19.4 Å². The van der Waals surface area contributed by atoms with Gasteiger partial charge in [0.05, 0.1) is 23.1 Å². The minimum absolute atomic E-state index is 0.274. The van der Waals surface area contributed by atoms with Gasteiger partial charge in [-0.2, -0.15) is 0 Å². The highest BCUT2D eigenvalue weighted by molar-refractivity contribution is 5.84. The smallest absolute Gasteiger partial charge is 0.144 e. The van der Waals surface area contributed by atoms with Crippen molar-refractivity contribution in [1.82, 2.24) is 9.55 Å². The third kappa shape index (κ3) is 1.42. The average molecular weight is 268 g/mol. The fourth-order valence-electron chi connectivity index (χ4n) is 2.83. The number of rotatable bonds is 0. The maximum Gasteiger partial charge on any atom is 0.144 e. The minimum atomic E-state index is -0.468. The van der Waals surface area contributed by atoms with Crippen LogP contribution in [0.1, 0.15) is 19.5 Å². The highest BCUT2D eigenvalue weighted by Crippen LogP contribution is 2.42. The lowest BCUT2D eigenvalue weighted by molar-refractivity contribution is 0.0929. The summed E-state index contributed by atoms with van der Waals surface area (Å²) >= 11 is 0. The lowest BCUT2D eigenvalue weighted by Gasteiger charge is -2.34. The zero-order valence-corrected chi connectivity index (χ0v) is 11.2. The van der Waals surface area contributed by atoms with Crippen LogP contribution in [0.5, 0.6) is 5.75 Å². The third-order valence-corrected chi connectivity index (χ3v) is 3.75. The van der Waals surface area contributed by atoms with E-state index in [1.165, 1.54) is 12.1 Å². The summed E-state index contributed by atoms with van der Waals surface area (Å²) in [5.74, 6) is 0.411. The Balaban J connectivity index is 2.16. The molecule has 0 fully saturated rings. The van der Waals surface area contributed by atoms with E-state index in [0.717, 1.165) is 22.3 Å². The molecule has 0 bridgehead atoms. The molecule has 1 aromatic carbocycles. The molecule has 4 heteroatoms. The van der Waals surface area contributed by atoms with E-state index >= 15 is 0 Å². The van der Waals surface area contributed by atoms with E-state index in [0.29, 0.717) is 5.75 Å². The van der Waals surface area contributed by atoms with E-state index in [1.807, 2.05) is 24.5 Å². The van der Waals surface area contributed by atoms with E-state index in [-0.39, 0.29) is 5.82 Å². The topological polar surface area (TPSA) is 27.1 Å². The maximum atomic E-state index is 13.6. The Hall–Kier alpha value is -2.36. The molecule has 3 nitrogen and oxygen atoms in total. The Morgan fingerprint density at radius 2 is 2.05 bits per heavy atom. The number of aromatic nitrogens is 2. The second-order valence-corrected chi connectivity index (χ2v) is 5.52. The molecule has 0 spiro atoms. The summed E-state index contributed by atoms with van der Waals surface area (Å²) in [4.78, 5) is 4.18. The quantitative estimate of drug-likeness (QED) is 0.620. The number of halogens is 1. The van der Waals surface area contributed by atoms with Crippen LogP contribution >= 0.6 is 0 Å². The van der Waals surface area contributed by atoms with Crippen LogP contribution in [0.2, 0.25) is 0 Å². The Labute approximate surface area is 115 Å². The molecule has 0 amide bonds. The number of benzene rings is 1. The first-order valence-corrected chi connectivity index (χ1v) is 6.51. The Morgan fingerprint density at radius 3 is 2.90 bits per heavy atom. The lowest BCUT2D eigenvalue weighted by atomic mass is 10.0.